The lowest BCUT2D eigenvalue weighted by Gasteiger charge is -2.20. The lowest BCUT2D eigenvalue weighted by Crippen LogP contribution is -2.41. The minimum absolute atomic E-state index is 0.280. The van der Waals surface area contributed by atoms with Crippen LogP contribution in [-0.2, 0) is 9.47 Å². The molecule has 4 atom stereocenters. The van der Waals surface area contributed by atoms with E-state index in [0.29, 0.717) is 6.61 Å². The highest BCUT2D eigenvalue weighted by atomic mass is 16.6. The molecule has 0 radical (unpaired) electrons. The van der Waals surface area contributed by atoms with Gasteiger partial charge in [0.25, 0.3) is 0 Å². The lowest BCUT2D eigenvalue weighted by atomic mass is 10.0. The van der Waals surface area contributed by atoms with Gasteiger partial charge < -0.3 is 24.8 Å². The molecule has 1 aliphatic heterocycles. The van der Waals surface area contributed by atoms with E-state index in [-0.39, 0.29) is 6.61 Å². The molecular weight excluding hydrogens is 380 g/mol. The van der Waals surface area contributed by atoms with Crippen molar-refractivity contribution in [1.82, 2.24) is 0 Å². The van der Waals surface area contributed by atoms with Gasteiger partial charge >= 0.3 is 0 Å². The van der Waals surface area contributed by atoms with E-state index in [9.17, 15) is 10.2 Å². The molecule has 30 heavy (non-hydrogen) atoms. The van der Waals surface area contributed by atoms with Gasteiger partial charge in [-0.05, 0) is 6.42 Å². The van der Waals surface area contributed by atoms with Crippen LogP contribution in [0.3, 0.4) is 0 Å². The SMILES string of the molecule is CCCCCCCCCCCCCCCCCCCO[C@@H]1CO[C@H]([C@@H](O)CO)[C@@H]1O. The topological polar surface area (TPSA) is 79.2 Å². The van der Waals surface area contributed by atoms with Crippen LogP contribution in [0.5, 0.6) is 0 Å². The van der Waals surface area contributed by atoms with Crippen molar-refractivity contribution in [2.75, 3.05) is 19.8 Å². The Morgan fingerprint density at radius 2 is 1.20 bits per heavy atom. The highest BCUT2D eigenvalue weighted by molar-refractivity contribution is 4.88. The van der Waals surface area contributed by atoms with Crippen molar-refractivity contribution in [3.63, 3.8) is 0 Å². The summed E-state index contributed by atoms with van der Waals surface area (Å²) < 4.78 is 11.0. The maximum Gasteiger partial charge on any atom is 0.114 e. The van der Waals surface area contributed by atoms with Crippen LogP contribution in [0.2, 0.25) is 0 Å². The number of aliphatic hydroxyl groups excluding tert-OH is 3. The molecule has 180 valence electrons. The van der Waals surface area contributed by atoms with Crippen molar-refractivity contribution in [3.05, 3.63) is 0 Å². The zero-order chi connectivity index (χ0) is 21.9. The quantitative estimate of drug-likeness (QED) is 0.220. The molecule has 3 N–H and O–H groups in total. The largest absolute Gasteiger partial charge is 0.394 e. The first kappa shape index (κ1) is 27.8. The minimum atomic E-state index is -1.05. The van der Waals surface area contributed by atoms with E-state index in [0.717, 1.165) is 12.8 Å². The minimum Gasteiger partial charge on any atom is -0.394 e. The van der Waals surface area contributed by atoms with Crippen LogP contribution < -0.4 is 0 Å². The fourth-order valence-electron chi connectivity index (χ4n) is 4.27. The van der Waals surface area contributed by atoms with Crippen LogP contribution in [0.25, 0.3) is 0 Å². The number of aliphatic hydroxyl groups is 3. The Morgan fingerprint density at radius 1 is 0.767 bits per heavy atom. The van der Waals surface area contributed by atoms with Crippen molar-refractivity contribution >= 4 is 0 Å². The number of hydrogen-bond acceptors (Lipinski definition) is 5. The van der Waals surface area contributed by atoms with Crippen LogP contribution in [-0.4, -0.2) is 59.6 Å². The van der Waals surface area contributed by atoms with E-state index in [1.165, 1.54) is 96.3 Å². The van der Waals surface area contributed by atoms with Crippen LogP contribution in [0.4, 0.5) is 0 Å². The molecule has 1 aliphatic rings. The van der Waals surface area contributed by atoms with Gasteiger partial charge in [-0.3, -0.25) is 0 Å². The Balaban J connectivity index is 1.77. The summed E-state index contributed by atoms with van der Waals surface area (Å²) in [7, 11) is 0. The summed E-state index contributed by atoms with van der Waals surface area (Å²) in [6.07, 6.45) is 19.9. The summed E-state index contributed by atoms with van der Waals surface area (Å²) in [6.45, 7) is 2.76. The Morgan fingerprint density at radius 3 is 1.63 bits per heavy atom. The molecule has 5 heteroatoms. The molecule has 0 unspecified atom stereocenters. The van der Waals surface area contributed by atoms with Crippen LogP contribution in [0, 0.1) is 0 Å². The Labute approximate surface area is 185 Å². The molecule has 0 bridgehead atoms. The average molecular weight is 431 g/mol. The van der Waals surface area contributed by atoms with Crippen molar-refractivity contribution in [1.29, 1.82) is 0 Å². The molecule has 1 rings (SSSR count). The van der Waals surface area contributed by atoms with Gasteiger partial charge in [0.05, 0.1) is 13.2 Å². The molecule has 1 heterocycles. The summed E-state index contributed by atoms with van der Waals surface area (Å²) in [4.78, 5) is 0. The van der Waals surface area contributed by atoms with Gasteiger partial charge in [-0.1, -0.05) is 110 Å². The molecular formula is C25H50O5. The molecule has 1 saturated heterocycles. The number of ether oxygens (including phenoxy) is 2. The van der Waals surface area contributed by atoms with Gasteiger partial charge in [-0.25, -0.2) is 0 Å². The Bertz CT molecular complexity index is 365. The summed E-state index contributed by atoms with van der Waals surface area (Å²) >= 11 is 0. The average Bonchev–Trinajstić information content (AvgIpc) is 3.12. The highest BCUT2D eigenvalue weighted by Gasteiger charge is 2.40. The van der Waals surface area contributed by atoms with Gasteiger partial charge in [0, 0.05) is 6.61 Å². The van der Waals surface area contributed by atoms with E-state index in [2.05, 4.69) is 6.92 Å². The molecule has 0 amide bonds. The van der Waals surface area contributed by atoms with Crippen molar-refractivity contribution < 1.29 is 24.8 Å². The fraction of sp³-hybridized carbons (Fsp3) is 1.00. The van der Waals surface area contributed by atoms with E-state index < -0.39 is 31.0 Å². The predicted octanol–water partition coefficient (Wildman–Crippen LogP) is 5.14. The fourth-order valence-corrected chi connectivity index (χ4v) is 4.27. The number of rotatable bonds is 21. The molecule has 1 fully saturated rings. The zero-order valence-electron chi connectivity index (χ0n) is 19.6. The van der Waals surface area contributed by atoms with Crippen molar-refractivity contribution in [2.24, 2.45) is 0 Å². The molecule has 0 spiro atoms. The maximum atomic E-state index is 10.1. The summed E-state index contributed by atoms with van der Waals surface area (Å²) in [5, 5.41) is 28.6. The monoisotopic (exact) mass is 430 g/mol. The molecule has 0 saturated carbocycles. The highest BCUT2D eigenvalue weighted by Crippen LogP contribution is 2.21. The number of hydrogen-bond donors (Lipinski definition) is 3. The van der Waals surface area contributed by atoms with Crippen LogP contribution in [0.15, 0.2) is 0 Å². The lowest BCUT2D eigenvalue weighted by molar-refractivity contribution is -0.0730. The first-order chi connectivity index (χ1) is 14.7. The third-order valence-corrected chi connectivity index (χ3v) is 6.32. The summed E-state index contributed by atoms with van der Waals surface area (Å²) in [6, 6.07) is 0. The van der Waals surface area contributed by atoms with Crippen molar-refractivity contribution in [2.45, 2.75) is 140 Å². The number of unbranched alkanes of at least 4 members (excludes halogenated alkanes) is 16. The van der Waals surface area contributed by atoms with Crippen molar-refractivity contribution in [3.8, 4) is 0 Å². The zero-order valence-corrected chi connectivity index (χ0v) is 19.6. The standard InChI is InChI=1S/C25H50O5/c1-2-3-4-5-6-7-8-9-10-11-12-13-14-15-16-17-18-19-29-23-21-30-25(24(23)28)22(27)20-26/h22-28H,2-21H2,1H3/t22-,23+,24+,25+/m0/s1. The smallest absolute Gasteiger partial charge is 0.114 e. The van der Waals surface area contributed by atoms with Gasteiger partial charge in [-0.2, -0.15) is 0 Å². The van der Waals surface area contributed by atoms with Crippen LogP contribution in [0.1, 0.15) is 116 Å². The van der Waals surface area contributed by atoms with E-state index >= 15 is 0 Å². The van der Waals surface area contributed by atoms with E-state index in [1.807, 2.05) is 0 Å². The molecule has 0 aromatic rings. The maximum absolute atomic E-state index is 10.1. The first-order valence-corrected chi connectivity index (χ1v) is 12.9. The van der Waals surface area contributed by atoms with Gasteiger partial charge in [0.15, 0.2) is 0 Å². The third kappa shape index (κ3) is 13.3. The Hall–Kier alpha value is -0.200. The molecule has 0 aliphatic carbocycles. The second kappa shape index (κ2) is 19.5. The van der Waals surface area contributed by atoms with E-state index in [1.54, 1.807) is 0 Å². The Kier molecular flexibility index (Phi) is 18.1. The molecule has 0 aromatic carbocycles. The molecule has 5 nitrogen and oxygen atoms in total. The van der Waals surface area contributed by atoms with Gasteiger partial charge in [-0.15, -0.1) is 0 Å². The van der Waals surface area contributed by atoms with Crippen LogP contribution >= 0.6 is 0 Å². The van der Waals surface area contributed by atoms with Gasteiger partial charge in [0.1, 0.15) is 24.4 Å². The molecule has 0 aromatic heterocycles. The summed E-state index contributed by atoms with van der Waals surface area (Å²) in [5.74, 6) is 0. The van der Waals surface area contributed by atoms with E-state index in [4.69, 9.17) is 14.6 Å². The second-order valence-corrected chi connectivity index (χ2v) is 9.10. The second-order valence-electron chi connectivity index (χ2n) is 9.10. The predicted molar refractivity (Wildman–Crippen MR) is 123 cm³/mol. The third-order valence-electron chi connectivity index (χ3n) is 6.32. The summed E-state index contributed by atoms with van der Waals surface area (Å²) in [5.41, 5.74) is 0. The normalized spacial score (nSPS) is 22.6. The first-order valence-electron chi connectivity index (χ1n) is 12.9. The van der Waals surface area contributed by atoms with Gasteiger partial charge in [0.2, 0.25) is 0 Å².